The van der Waals surface area contributed by atoms with Crippen LogP contribution in [0.4, 0.5) is 0 Å². The van der Waals surface area contributed by atoms with Gasteiger partial charge in [-0.15, -0.1) is 0 Å². The van der Waals surface area contributed by atoms with E-state index >= 15 is 0 Å². The summed E-state index contributed by atoms with van der Waals surface area (Å²) < 4.78 is 23.6. The molecule has 9 nitrogen and oxygen atoms in total. The Bertz CT molecular complexity index is 1900. The second kappa shape index (κ2) is 10.3. The van der Waals surface area contributed by atoms with E-state index in [1.807, 2.05) is 54.6 Å². The van der Waals surface area contributed by atoms with Crippen LogP contribution in [0.5, 0.6) is 23.0 Å². The van der Waals surface area contributed by atoms with Crippen molar-refractivity contribution in [2.75, 3.05) is 0 Å². The highest BCUT2D eigenvalue weighted by molar-refractivity contribution is 6.01. The number of hydrogen-bond donors (Lipinski definition) is 1. The van der Waals surface area contributed by atoms with Crippen molar-refractivity contribution in [3.8, 4) is 23.0 Å². The highest BCUT2D eigenvalue weighted by Gasteiger charge is 2.54. The zero-order chi connectivity index (χ0) is 30.5. The molecule has 0 saturated carbocycles. The number of carboxylic acid groups (broad SMARTS) is 1. The average molecular weight is 577 g/mol. The van der Waals surface area contributed by atoms with Crippen LogP contribution in [0.3, 0.4) is 0 Å². The lowest BCUT2D eigenvalue weighted by Gasteiger charge is -2.37. The zero-order valence-electron chi connectivity index (χ0n) is 23.3. The first kappa shape index (κ1) is 27.5. The fourth-order valence-corrected chi connectivity index (χ4v) is 5.66. The van der Waals surface area contributed by atoms with Gasteiger partial charge in [-0.1, -0.05) is 30.3 Å². The lowest BCUT2D eigenvalue weighted by atomic mass is 9.76. The first-order chi connectivity index (χ1) is 20.6. The summed E-state index contributed by atoms with van der Waals surface area (Å²) in [6.45, 7) is 3.79. The Labute approximate surface area is 245 Å². The molecule has 2 aliphatic heterocycles. The van der Waals surface area contributed by atoms with Gasteiger partial charge >= 0.3 is 17.9 Å². The van der Waals surface area contributed by atoms with E-state index in [2.05, 4.69) is 0 Å². The second-order valence-electron chi connectivity index (χ2n) is 10.1. The molecule has 2 heterocycles. The van der Waals surface area contributed by atoms with Crippen LogP contribution in [0.1, 0.15) is 47.8 Å². The maximum absolute atomic E-state index is 13.2. The fraction of sp³-hybridized carbons (Fsp3) is 0.118. The van der Waals surface area contributed by atoms with Gasteiger partial charge in [0, 0.05) is 48.2 Å². The van der Waals surface area contributed by atoms with Crippen molar-refractivity contribution in [3.05, 3.63) is 107 Å². The molecule has 5 aromatic rings. The summed E-state index contributed by atoms with van der Waals surface area (Å²) in [6.07, 6.45) is 0. The van der Waals surface area contributed by atoms with Gasteiger partial charge in [-0.2, -0.15) is 0 Å². The van der Waals surface area contributed by atoms with Gasteiger partial charge in [-0.3, -0.25) is 14.4 Å². The Hall–Kier alpha value is -5.70. The number of carbonyl (C=O) groups excluding carboxylic acids is 3. The van der Waals surface area contributed by atoms with Gasteiger partial charge in [-0.25, -0.2) is 4.79 Å². The molecule has 43 heavy (non-hydrogen) atoms. The molecule has 9 heteroatoms. The number of carboxylic acids is 1. The third kappa shape index (κ3) is 4.61. The highest BCUT2D eigenvalue weighted by atomic mass is 16.6. The quantitative estimate of drug-likeness (QED) is 0.185. The van der Waals surface area contributed by atoms with Crippen molar-refractivity contribution in [3.63, 3.8) is 0 Å². The molecule has 0 saturated heterocycles. The second-order valence-corrected chi connectivity index (χ2v) is 10.1. The molecule has 0 radical (unpaired) electrons. The van der Waals surface area contributed by atoms with Gasteiger partial charge in [0.05, 0.1) is 5.56 Å². The minimum absolute atomic E-state index is 0.412. The van der Waals surface area contributed by atoms with Gasteiger partial charge in [0.1, 0.15) is 23.0 Å². The fourth-order valence-electron chi connectivity index (χ4n) is 5.66. The Morgan fingerprint density at radius 1 is 0.674 bits per heavy atom. The molecular weight excluding hydrogens is 552 g/mol. The highest BCUT2D eigenvalue weighted by Crippen LogP contribution is 2.59. The van der Waals surface area contributed by atoms with E-state index in [0.29, 0.717) is 39.7 Å². The van der Waals surface area contributed by atoms with Crippen LogP contribution in [-0.4, -0.2) is 29.0 Å². The van der Waals surface area contributed by atoms with Crippen LogP contribution >= 0.6 is 0 Å². The number of carbonyl (C=O) groups is 4. The third-order valence-electron chi connectivity index (χ3n) is 7.14. The van der Waals surface area contributed by atoms with E-state index in [1.165, 1.54) is 13.8 Å². The summed E-state index contributed by atoms with van der Waals surface area (Å²) in [7, 11) is 0. The molecule has 0 unspecified atom stereocenters. The normalized spacial score (nSPS) is 13.5. The van der Waals surface area contributed by atoms with Crippen molar-refractivity contribution < 1.29 is 43.2 Å². The van der Waals surface area contributed by atoms with Gasteiger partial charge in [0.25, 0.3) is 5.97 Å². The van der Waals surface area contributed by atoms with Gasteiger partial charge in [0.2, 0.25) is 0 Å². The van der Waals surface area contributed by atoms with Crippen molar-refractivity contribution in [1.82, 2.24) is 0 Å². The minimum atomic E-state index is -1.23. The maximum Gasteiger partial charge on any atom is 0.340 e. The monoisotopic (exact) mass is 576 g/mol. The molecule has 7 rings (SSSR count). The molecular formula is C34H24O9. The number of ether oxygens (including phenoxy) is 4. The number of benzene rings is 5. The van der Waals surface area contributed by atoms with Crippen LogP contribution in [0, 0.1) is 0 Å². The summed E-state index contributed by atoms with van der Waals surface area (Å²) in [5.41, 5.74) is 1.37. The molecule has 0 aromatic heterocycles. The number of fused-ring (bicyclic) bond motifs is 10. The SMILES string of the molecule is CC(=O)O.CC(=O)Oc1ccc2c3c(ccc2c1)C1(OC(=O)c2ccccc21)c1ccc2cc(OC(C)=O)ccc2c1O3. The summed E-state index contributed by atoms with van der Waals surface area (Å²) in [5, 5.41) is 10.5. The van der Waals surface area contributed by atoms with Crippen molar-refractivity contribution in [2.24, 2.45) is 0 Å². The van der Waals surface area contributed by atoms with Crippen molar-refractivity contribution in [1.29, 1.82) is 0 Å². The van der Waals surface area contributed by atoms with Gasteiger partial charge < -0.3 is 24.1 Å². The van der Waals surface area contributed by atoms with E-state index in [4.69, 9.17) is 28.8 Å². The molecule has 214 valence electrons. The van der Waals surface area contributed by atoms with Crippen LogP contribution in [0.15, 0.2) is 84.9 Å². The molecule has 5 aromatic carbocycles. The first-order valence-corrected chi connectivity index (χ1v) is 13.3. The molecule has 1 spiro atoms. The number of aliphatic carboxylic acids is 1. The topological polar surface area (TPSA) is 125 Å². The Morgan fingerprint density at radius 3 is 1.65 bits per heavy atom. The minimum Gasteiger partial charge on any atom is -0.481 e. The van der Waals surface area contributed by atoms with E-state index in [1.54, 1.807) is 30.3 Å². The standard InChI is InChI=1S/C32H20O7.C2H4O2/c1-17(33)36-21-9-11-23-19(15-21)7-13-27-29(23)38-30-24-12-10-22(37-18(2)34)16-20(24)8-14-28(30)32(27)26-6-4-3-5-25(26)31(35)39-32;1-2(3)4/h3-16H,1-2H3;1H3,(H,3,4). The van der Waals surface area contributed by atoms with Crippen LogP contribution in [0.2, 0.25) is 0 Å². The molecule has 0 aliphatic carbocycles. The predicted octanol–water partition coefficient (Wildman–Crippen LogP) is 6.50. The van der Waals surface area contributed by atoms with Crippen molar-refractivity contribution >= 4 is 45.4 Å². The van der Waals surface area contributed by atoms with Crippen LogP contribution in [-0.2, 0) is 24.7 Å². The zero-order valence-corrected chi connectivity index (χ0v) is 23.3. The maximum atomic E-state index is 13.2. The number of esters is 3. The summed E-state index contributed by atoms with van der Waals surface area (Å²) in [4.78, 5) is 45.3. The Morgan fingerprint density at radius 2 is 1.16 bits per heavy atom. The number of hydrogen-bond acceptors (Lipinski definition) is 8. The summed E-state index contributed by atoms with van der Waals surface area (Å²) in [6, 6.07) is 25.6. The Balaban J connectivity index is 0.000000777. The van der Waals surface area contributed by atoms with Gasteiger partial charge in [-0.05, 0) is 65.4 Å². The van der Waals surface area contributed by atoms with E-state index in [9.17, 15) is 14.4 Å². The molecule has 2 aliphatic rings. The van der Waals surface area contributed by atoms with Gasteiger partial charge in [0.15, 0.2) is 5.60 Å². The molecule has 0 bridgehead atoms. The van der Waals surface area contributed by atoms with Crippen LogP contribution < -0.4 is 14.2 Å². The number of rotatable bonds is 2. The lowest BCUT2D eigenvalue weighted by molar-refractivity contribution is -0.134. The third-order valence-corrected chi connectivity index (χ3v) is 7.14. The lowest BCUT2D eigenvalue weighted by Crippen LogP contribution is -2.33. The van der Waals surface area contributed by atoms with E-state index in [-0.39, 0.29) is 0 Å². The van der Waals surface area contributed by atoms with Crippen LogP contribution in [0.25, 0.3) is 21.5 Å². The average Bonchev–Trinajstić information content (AvgIpc) is 3.24. The Kier molecular flexibility index (Phi) is 6.57. The largest absolute Gasteiger partial charge is 0.481 e. The summed E-state index contributed by atoms with van der Waals surface area (Å²) in [5.74, 6) is -0.161. The smallest absolute Gasteiger partial charge is 0.340 e. The molecule has 1 N–H and O–H groups in total. The summed E-state index contributed by atoms with van der Waals surface area (Å²) >= 11 is 0. The first-order valence-electron chi connectivity index (χ1n) is 13.3. The predicted molar refractivity (Wildman–Crippen MR) is 156 cm³/mol. The van der Waals surface area contributed by atoms with Crippen molar-refractivity contribution in [2.45, 2.75) is 26.4 Å². The molecule has 0 amide bonds. The van der Waals surface area contributed by atoms with E-state index in [0.717, 1.165) is 34.0 Å². The molecule has 0 atom stereocenters. The van der Waals surface area contributed by atoms with E-state index < -0.39 is 29.5 Å². The molecule has 0 fully saturated rings.